The molecule has 0 aromatic heterocycles. The first-order chi connectivity index (χ1) is 14.7. The third kappa shape index (κ3) is 6.19. The normalized spacial score (nSPS) is 14.7. The van der Waals surface area contributed by atoms with Crippen LogP contribution in [0.3, 0.4) is 0 Å². The smallest absolute Gasteiger partial charge is 0.261 e. The third-order valence-corrected chi connectivity index (χ3v) is 6.61. The van der Waals surface area contributed by atoms with Crippen molar-refractivity contribution in [1.29, 1.82) is 0 Å². The number of hydrogen-bond donors (Lipinski definition) is 4. The van der Waals surface area contributed by atoms with Crippen LogP contribution in [0.15, 0.2) is 53.4 Å². The van der Waals surface area contributed by atoms with E-state index in [1.807, 2.05) is 13.8 Å². The predicted molar refractivity (Wildman–Crippen MR) is 119 cm³/mol. The van der Waals surface area contributed by atoms with Gasteiger partial charge in [0.15, 0.2) is 0 Å². The molecule has 1 aliphatic carbocycles. The number of carbonyl (C=O) groups is 2. The Morgan fingerprint density at radius 2 is 1.68 bits per heavy atom. The van der Waals surface area contributed by atoms with Gasteiger partial charge in [0.25, 0.3) is 11.8 Å². The van der Waals surface area contributed by atoms with E-state index in [0.717, 1.165) is 12.8 Å². The van der Waals surface area contributed by atoms with Crippen LogP contribution in [0.4, 0.5) is 5.69 Å². The van der Waals surface area contributed by atoms with Crippen molar-refractivity contribution in [3.05, 3.63) is 59.1 Å². The van der Waals surface area contributed by atoms with E-state index in [1.165, 1.54) is 12.1 Å². The van der Waals surface area contributed by atoms with Crippen molar-refractivity contribution in [1.82, 2.24) is 15.5 Å². The van der Waals surface area contributed by atoms with Crippen LogP contribution in [0, 0.1) is 5.92 Å². The summed E-state index contributed by atoms with van der Waals surface area (Å²) in [7, 11) is -3.54. The average Bonchev–Trinajstić information content (AvgIpc) is 3.53. The van der Waals surface area contributed by atoms with Crippen molar-refractivity contribution in [2.24, 2.45) is 5.92 Å². The largest absolute Gasteiger partial charge is 0.340 e. The summed E-state index contributed by atoms with van der Waals surface area (Å²) in [5.41, 5.74) is 6.08. The van der Waals surface area contributed by atoms with Crippen molar-refractivity contribution >= 4 is 39.1 Å². The fraction of sp³-hybridized carbons (Fsp3) is 0.333. The zero-order chi connectivity index (χ0) is 22.6. The van der Waals surface area contributed by atoms with Crippen molar-refractivity contribution in [2.75, 3.05) is 5.43 Å². The Morgan fingerprint density at radius 1 is 1.03 bits per heavy atom. The maximum absolute atomic E-state index is 12.6. The van der Waals surface area contributed by atoms with Crippen LogP contribution in [0.25, 0.3) is 0 Å². The van der Waals surface area contributed by atoms with Gasteiger partial charge in [-0.25, -0.2) is 13.1 Å². The molecule has 1 atom stereocenters. The number of rotatable bonds is 9. The molecule has 2 amide bonds. The van der Waals surface area contributed by atoms with Gasteiger partial charge in [-0.2, -0.15) is 0 Å². The van der Waals surface area contributed by atoms with Crippen LogP contribution in [-0.2, 0) is 14.8 Å². The molecule has 0 spiro atoms. The molecule has 3 rings (SSSR count). The summed E-state index contributed by atoms with van der Waals surface area (Å²) in [4.78, 5) is 25.3. The summed E-state index contributed by atoms with van der Waals surface area (Å²) in [6, 6.07) is 11.8. The molecular weight excluding hydrogens is 440 g/mol. The van der Waals surface area contributed by atoms with Crippen molar-refractivity contribution in [3.63, 3.8) is 0 Å². The first-order valence-corrected chi connectivity index (χ1v) is 11.8. The second-order valence-electron chi connectivity index (χ2n) is 7.71. The van der Waals surface area contributed by atoms with Crippen LogP contribution < -0.4 is 20.9 Å². The summed E-state index contributed by atoms with van der Waals surface area (Å²) in [5, 5.41) is 3.00. The lowest BCUT2D eigenvalue weighted by atomic mass is 10.0. The van der Waals surface area contributed by atoms with E-state index in [9.17, 15) is 18.0 Å². The quantitative estimate of drug-likeness (QED) is 0.426. The van der Waals surface area contributed by atoms with E-state index >= 15 is 0 Å². The van der Waals surface area contributed by atoms with Gasteiger partial charge in [0, 0.05) is 6.04 Å². The molecule has 0 bridgehead atoms. The highest BCUT2D eigenvalue weighted by Gasteiger charge is 2.28. The number of halogens is 1. The van der Waals surface area contributed by atoms with Gasteiger partial charge < -0.3 is 5.32 Å². The van der Waals surface area contributed by atoms with Crippen LogP contribution >= 0.6 is 11.6 Å². The molecule has 31 heavy (non-hydrogen) atoms. The highest BCUT2D eigenvalue weighted by atomic mass is 35.5. The molecule has 10 heteroatoms. The zero-order valence-corrected chi connectivity index (χ0v) is 18.8. The Bertz CT molecular complexity index is 1050. The van der Waals surface area contributed by atoms with Gasteiger partial charge in [0.05, 0.1) is 21.2 Å². The van der Waals surface area contributed by atoms with Crippen molar-refractivity contribution in [3.8, 4) is 0 Å². The van der Waals surface area contributed by atoms with Crippen LogP contribution in [0.1, 0.15) is 37.0 Å². The van der Waals surface area contributed by atoms with Gasteiger partial charge in [0.2, 0.25) is 10.0 Å². The number of carbonyl (C=O) groups excluding carboxylic acids is 2. The standard InChI is InChI=1S/C21H25ClN4O4S/c1-13(2)19(23-20(27)17-5-3-4-6-18(17)22)21(28)25-24-14-9-11-16(12-10-14)31(29,30)26-15-7-8-15/h3-6,9-13,15,19,24,26H,7-8H2,1-2H3,(H,23,27)(H,25,28). The van der Waals surface area contributed by atoms with Crippen molar-refractivity contribution < 1.29 is 18.0 Å². The van der Waals surface area contributed by atoms with E-state index < -0.39 is 27.9 Å². The van der Waals surface area contributed by atoms with E-state index in [4.69, 9.17) is 11.6 Å². The fourth-order valence-electron chi connectivity index (χ4n) is 2.82. The molecule has 0 saturated heterocycles. The minimum Gasteiger partial charge on any atom is -0.340 e. The number of hydrazine groups is 1. The second kappa shape index (κ2) is 9.67. The summed E-state index contributed by atoms with van der Waals surface area (Å²) in [6.45, 7) is 3.62. The molecule has 1 saturated carbocycles. The SMILES string of the molecule is CC(C)C(NC(=O)c1ccccc1Cl)C(=O)NNc1ccc(S(=O)(=O)NC2CC2)cc1. The first kappa shape index (κ1) is 23.1. The van der Waals surface area contributed by atoms with Gasteiger partial charge in [-0.3, -0.25) is 20.4 Å². The molecule has 0 radical (unpaired) electrons. The average molecular weight is 465 g/mol. The summed E-state index contributed by atoms with van der Waals surface area (Å²) < 4.78 is 27.0. The number of amides is 2. The van der Waals surface area contributed by atoms with Gasteiger partial charge in [-0.15, -0.1) is 0 Å². The minimum atomic E-state index is -3.54. The first-order valence-electron chi connectivity index (χ1n) is 9.91. The molecule has 1 fully saturated rings. The zero-order valence-electron chi connectivity index (χ0n) is 17.2. The fourth-order valence-corrected chi connectivity index (χ4v) is 4.34. The second-order valence-corrected chi connectivity index (χ2v) is 9.83. The Morgan fingerprint density at radius 3 is 2.26 bits per heavy atom. The topological polar surface area (TPSA) is 116 Å². The Balaban J connectivity index is 1.59. The number of hydrogen-bond acceptors (Lipinski definition) is 5. The number of anilines is 1. The minimum absolute atomic E-state index is 0.0241. The van der Waals surface area contributed by atoms with E-state index in [2.05, 4.69) is 20.9 Å². The number of sulfonamides is 1. The molecule has 1 unspecified atom stereocenters. The molecular formula is C21H25ClN4O4S. The molecule has 2 aromatic carbocycles. The van der Waals surface area contributed by atoms with Crippen LogP contribution in [-0.4, -0.2) is 32.3 Å². The lowest BCUT2D eigenvalue weighted by Crippen LogP contribution is -2.51. The van der Waals surface area contributed by atoms with Gasteiger partial charge in [0.1, 0.15) is 6.04 Å². The van der Waals surface area contributed by atoms with Gasteiger partial charge >= 0.3 is 0 Å². The molecule has 8 nitrogen and oxygen atoms in total. The summed E-state index contributed by atoms with van der Waals surface area (Å²) >= 11 is 6.06. The Hall–Kier alpha value is -2.62. The molecule has 2 aromatic rings. The maximum Gasteiger partial charge on any atom is 0.261 e. The molecule has 4 N–H and O–H groups in total. The molecule has 1 aliphatic rings. The van der Waals surface area contributed by atoms with Crippen LogP contribution in [0.5, 0.6) is 0 Å². The van der Waals surface area contributed by atoms with Gasteiger partial charge in [-0.05, 0) is 55.2 Å². The monoisotopic (exact) mass is 464 g/mol. The highest BCUT2D eigenvalue weighted by Crippen LogP contribution is 2.22. The lowest BCUT2D eigenvalue weighted by Gasteiger charge is -2.22. The Kier molecular flexibility index (Phi) is 7.19. The molecule has 166 valence electrons. The van der Waals surface area contributed by atoms with Crippen LogP contribution in [0.2, 0.25) is 5.02 Å². The molecule has 0 heterocycles. The molecule has 0 aliphatic heterocycles. The number of nitrogens with one attached hydrogen (secondary N) is 4. The van der Waals surface area contributed by atoms with Crippen molar-refractivity contribution in [2.45, 2.75) is 43.7 Å². The van der Waals surface area contributed by atoms with E-state index in [1.54, 1.807) is 36.4 Å². The van der Waals surface area contributed by atoms with E-state index in [0.29, 0.717) is 10.7 Å². The predicted octanol–water partition coefficient (Wildman–Crippen LogP) is 2.68. The summed E-state index contributed by atoms with van der Waals surface area (Å²) in [6.07, 6.45) is 1.71. The summed E-state index contributed by atoms with van der Waals surface area (Å²) in [5.74, 6) is -1.08. The van der Waals surface area contributed by atoms with Gasteiger partial charge in [-0.1, -0.05) is 37.6 Å². The highest BCUT2D eigenvalue weighted by molar-refractivity contribution is 7.89. The Labute approximate surface area is 186 Å². The number of benzene rings is 2. The lowest BCUT2D eigenvalue weighted by molar-refractivity contribution is -0.123. The van der Waals surface area contributed by atoms with E-state index in [-0.39, 0.29) is 22.4 Å². The maximum atomic E-state index is 12.6. The third-order valence-electron chi connectivity index (χ3n) is 4.75.